The molecule has 0 saturated carbocycles. The summed E-state index contributed by atoms with van der Waals surface area (Å²) in [7, 11) is 1.71. The van der Waals surface area contributed by atoms with Gasteiger partial charge in [-0.3, -0.25) is 4.90 Å². The monoisotopic (exact) mass is 376 g/mol. The van der Waals surface area contributed by atoms with E-state index in [2.05, 4.69) is 61.4 Å². The van der Waals surface area contributed by atoms with Crippen molar-refractivity contribution in [3.05, 3.63) is 29.3 Å². The van der Waals surface area contributed by atoms with Crippen molar-refractivity contribution < 1.29 is 9.47 Å². The number of aryl methyl sites for hydroxylation is 1. The van der Waals surface area contributed by atoms with Gasteiger partial charge in [-0.2, -0.15) is 0 Å². The van der Waals surface area contributed by atoms with Gasteiger partial charge in [0.25, 0.3) is 0 Å². The summed E-state index contributed by atoms with van der Waals surface area (Å²) in [5, 5.41) is 6.89. The van der Waals surface area contributed by atoms with E-state index >= 15 is 0 Å². The van der Waals surface area contributed by atoms with Gasteiger partial charge in [0.15, 0.2) is 5.96 Å². The molecule has 0 aliphatic carbocycles. The first-order valence-corrected chi connectivity index (χ1v) is 10.0. The number of nitrogens with zero attached hydrogens (tertiary/aromatic N) is 2. The Hall–Kier alpha value is -1.79. The molecule has 0 spiro atoms. The van der Waals surface area contributed by atoms with E-state index in [1.54, 1.807) is 7.11 Å². The van der Waals surface area contributed by atoms with Crippen LogP contribution in [0.3, 0.4) is 0 Å². The van der Waals surface area contributed by atoms with Crippen molar-refractivity contribution in [2.24, 2.45) is 10.9 Å². The van der Waals surface area contributed by atoms with Crippen LogP contribution in [0.5, 0.6) is 5.75 Å². The Balaban J connectivity index is 1.99. The number of aliphatic imine (C=N–C) groups is 1. The van der Waals surface area contributed by atoms with Gasteiger partial charge in [-0.1, -0.05) is 26.0 Å². The lowest BCUT2D eigenvalue weighted by Crippen LogP contribution is -2.52. The predicted molar refractivity (Wildman–Crippen MR) is 112 cm³/mol. The third kappa shape index (κ3) is 6.70. The lowest BCUT2D eigenvalue weighted by Gasteiger charge is -2.37. The number of nitrogens with one attached hydrogen (secondary N) is 2. The second kappa shape index (κ2) is 11.1. The van der Waals surface area contributed by atoms with Crippen LogP contribution in [-0.2, 0) is 11.3 Å². The van der Waals surface area contributed by atoms with Crippen LogP contribution in [0.1, 0.15) is 31.9 Å². The van der Waals surface area contributed by atoms with E-state index in [9.17, 15) is 0 Å². The number of methoxy groups -OCH3 is 1. The molecule has 1 unspecified atom stereocenters. The van der Waals surface area contributed by atoms with Gasteiger partial charge in [-0.05, 0) is 37.0 Å². The van der Waals surface area contributed by atoms with E-state index < -0.39 is 0 Å². The van der Waals surface area contributed by atoms with Crippen molar-refractivity contribution >= 4 is 5.96 Å². The minimum absolute atomic E-state index is 0.470. The van der Waals surface area contributed by atoms with E-state index in [1.165, 1.54) is 0 Å². The van der Waals surface area contributed by atoms with Crippen LogP contribution in [0.25, 0.3) is 0 Å². The largest absolute Gasteiger partial charge is 0.496 e. The van der Waals surface area contributed by atoms with Crippen LogP contribution in [0.2, 0.25) is 0 Å². The number of rotatable bonds is 8. The fraction of sp³-hybridized carbons (Fsp3) is 0.667. The Labute approximate surface area is 164 Å². The van der Waals surface area contributed by atoms with Gasteiger partial charge < -0.3 is 20.1 Å². The highest BCUT2D eigenvalue weighted by Gasteiger charge is 2.23. The van der Waals surface area contributed by atoms with Crippen LogP contribution >= 0.6 is 0 Å². The standard InChI is InChI=1S/C21H36N4O2/c1-6-22-21(23-14-18-8-7-17(4)20(13-18)26-5)24-15-19(16(2)3)25-9-11-27-12-10-25/h7-8,13,16,19H,6,9-12,14-15H2,1-5H3,(H2,22,23,24). The molecule has 1 aliphatic rings. The highest BCUT2D eigenvalue weighted by Crippen LogP contribution is 2.19. The molecule has 0 aromatic heterocycles. The summed E-state index contributed by atoms with van der Waals surface area (Å²) < 4.78 is 10.9. The van der Waals surface area contributed by atoms with Gasteiger partial charge in [-0.25, -0.2) is 4.99 Å². The van der Waals surface area contributed by atoms with Crippen molar-refractivity contribution in [1.29, 1.82) is 0 Å². The molecule has 0 bridgehead atoms. The minimum Gasteiger partial charge on any atom is -0.496 e. The summed E-state index contributed by atoms with van der Waals surface area (Å²) in [6, 6.07) is 6.72. The summed E-state index contributed by atoms with van der Waals surface area (Å²) in [5.74, 6) is 2.34. The minimum atomic E-state index is 0.470. The molecule has 1 aromatic carbocycles. The predicted octanol–water partition coefficient (Wildman–Crippen LogP) is 2.42. The van der Waals surface area contributed by atoms with E-state index in [4.69, 9.17) is 14.5 Å². The molecule has 2 N–H and O–H groups in total. The normalized spacial score (nSPS) is 17.0. The van der Waals surface area contributed by atoms with Gasteiger partial charge in [0.1, 0.15) is 5.75 Å². The van der Waals surface area contributed by atoms with Crippen molar-refractivity contribution in [2.45, 2.75) is 40.3 Å². The van der Waals surface area contributed by atoms with Crippen molar-refractivity contribution in [1.82, 2.24) is 15.5 Å². The third-order valence-electron chi connectivity index (χ3n) is 5.00. The summed E-state index contributed by atoms with van der Waals surface area (Å²) in [6.45, 7) is 14.7. The summed E-state index contributed by atoms with van der Waals surface area (Å²) in [6.07, 6.45) is 0. The first kappa shape index (κ1) is 21.5. The van der Waals surface area contributed by atoms with Crippen LogP contribution in [0, 0.1) is 12.8 Å². The number of benzene rings is 1. The van der Waals surface area contributed by atoms with Crippen LogP contribution in [0.15, 0.2) is 23.2 Å². The highest BCUT2D eigenvalue weighted by atomic mass is 16.5. The Morgan fingerprint density at radius 1 is 1.26 bits per heavy atom. The smallest absolute Gasteiger partial charge is 0.191 e. The van der Waals surface area contributed by atoms with Crippen LogP contribution < -0.4 is 15.4 Å². The number of ether oxygens (including phenoxy) is 2. The van der Waals surface area contributed by atoms with Crippen LogP contribution in [-0.4, -0.2) is 63.4 Å². The molecule has 152 valence electrons. The molecule has 1 heterocycles. The fourth-order valence-electron chi connectivity index (χ4n) is 3.37. The molecule has 1 fully saturated rings. The van der Waals surface area contributed by atoms with E-state index in [-0.39, 0.29) is 0 Å². The van der Waals surface area contributed by atoms with Gasteiger partial charge in [0, 0.05) is 32.2 Å². The van der Waals surface area contributed by atoms with E-state index in [1.807, 2.05) is 0 Å². The van der Waals surface area contributed by atoms with Gasteiger partial charge in [0.05, 0.1) is 26.9 Å². The fourth-order valence-corrected chi connectivity index (χ4v) is 3.37. The molecular formula is C21H36N4O2. The van der Waals surface area contributed by atoms with Gasteiger partial charge in [-0.15, -0.1) is 0 Å². The molecule has 2 rings (SSSR count). The average Bonchev–Trinajstić information content (AvgIpc) is 2.67. The van der Waals surface area contributed by atoms with Crippen LogP contribution in [0.4, 0.5) is 0 Å². The first-order chi connectivity index (χ1) is 13.0. The highest BCUT2D eigenvalue weighted by molar-refractivity contribution is 5.79. The number of morpholine rings is 1. The molecule has 27 heavy (non-hydrogen) atoms. The molecule has 1 saturated heterocycles. The topological polar surface area (TPSA) is 58.1 Å². The SMILES string of the molecule is CCNC(=NCc1ccc(C)c(OC)c1)NCC(C(C)C)N1CCOCC1. The lowest BCUT2D eigenvalue weighted by atomic mass is 10.0. The molecule has 1 aliphatic heterocycles. The summed E-state index contributed by atoms with van der Waals surface area (Å²) >= 11 is 0. The Morgan fingerprint density at radius 2 is 2.00 bits per heavy atom. The molecule has 0 radical (unpaired) electrons. The molecule has 1 atom stereocenters. The van der Waals surface area contributed by atoms with Crippen molar-refractivity contribution in [3.8, 4) is 5.75 Å². The van der Waals surface area contributed by atoms with E-state index in [0.29, 0.717) is 18.5 Å². The second-order valence-electron chi connectivity index (χ2n) is 7.34. The number of hydrogen-bond donors (Lipinski definition) is 2. The average molecular weight is 377 g/mol. The molecule has 1 aromatic rings. The quantitative estimate of drug-likeness (QED) is 0.539. The first-order valence-electron chi connectivity index (χ1n) is 10.0. The molecule has 0 amide bonds. The molecule has 6 heteroatoms. The maximum atomic E-state index is 5.50. The van der Waals surface area contributed by atoms with Crippen molar-refractivity contribution in [2.75, 3.05) is 46.5 Å². The Morgan fingerprint density at radius 3 is 2.63 bits per heavy atom. The summed E-state index contributed by atoms with van der Waals surface area (Å²) in [4.78, 5) is 7.28. The Kier molecular flexibility index (Phi) is 8.88. The maximum absolute atomic E-state index is 5.50. The Bertz CT molecular complexity index is 598. The number of guanidine groups is 1. The van der Waals surface area contributed by atoms with Gasteiger partial charge in [0.2, 0.25) is 0 Å². The third-order valence-corrected chi connectivity index (χ3v) is 5.00. The summed E-state index contributed by atoms with van der Waals surface area (Å²) in [5.41, 5.74) is 2.28. The second-order valence-corrected chi connectivity index (χ2v) is 7.34. The van der Waals surface area contributed by atoms with Crippen molar-refractivity contribution in [3.63, 3.8) is 0 Å². The zero-order valence-electron chi connectivity index (χ0n) is 17.5. The molecule has 6 nitrogen and oxygen atoms in total. The lowest BCUT2D eigenvalue weighted by molar-refractivity contribution is 0.00752. The maximum Gasteiger partial charge on any atom is 0.191 e. The zero-order valence-corrected chi connectivity index (χ0v) is 17.5. The number of hydrogen-bond acceptors (Lipinski definition) is 4. The molecular weight excluding hydrogens is 340 g/mol. The zero-order chi connectivity index (χ0) is 19.6. The van der Waals surface area contributed by atoms with E-state index in [0.717, 1.165) is 62.2 Å². The van der Waals surface area contributed by atoms with Gasteiger partial charge >= 0.3 is 0 Å².